The summed E-state index contributed by atoms with van der Waals surface area (Å²) in [5.41, 5.74) is 5.16. The molecule has 4 nitrogen and oxygen atoms in total. The molecule has 116 valence electrons. The molecule has 0 radical (unpaired) electrons. The van der Waals surface area contributed by atoms with Crippen LogP contribution in [0.4, 0.5) is 0 Å². The number of carbonyl (C=O) groups excluding carboxylic acids is 2. The fraction of sp³-hybridized carbons (Fsp3) is 0.467. The second-order valence-electron chi connectivity index (χ2n) is 4.99. The predicted octanol–water partition coefficient (Wildman–Crippen LogP) is 2.93. The maximum Gasteiger partial charge on any atom is 0.237 e. The van der Waals surface area contributed by atoms with Gasteiger partial charge in [0.2, 0.25) is 11.8 Å². The lowest BCUT2D eigenvalue weighted by Crippen LogP contribution is -2.42. The molecule has 1 aromatic carbocycles. The van der Waals surface area contributed by atoms with E-state index < -0.39 is 5.91 Å². The average molecular weight is 329 g/mol. The van der Waals surface area contributed by atoms with Gasteiger partial charge in [-0.25, -0.2) is 0 Å². The number of primary amides is 1. The Hall–Kier alpha value is -1.20. The van der Waals surface area contributed by atoms with Crippen LogP contribution in [0.15, 0.2) is 29.2 Å². The molecule has 0 spiro atoms. The Morgan fingerprint density at radius 1 is 1.29 bits per heavy atom. The van der Waals surface area contributed by atoms with Crippen LogP contribution in [0.1, 0.15) is 26.7 Å². The van der Waals surface area contributed by atoms with Crippen LogP contribution < -0.4 is 5.73 Å². The summed E-state index contributed by atoms with van der Waals surface area (Å²) in [6.07, 6.45) is 1.18. The molecule has 1 aromatic rings. The van der Waals surface area contributed by atoms with Gasteiger partial charge in [-0.2, -0.15) is 0 Å². The third kappa shape index (κ3) is 6.87. The second-order valence-corrected chi connectivity index (χ2v) is 6.59. The number of nitrogens with zero attached hydrogens (tertiary/aromatic N) is 1. The zero-order chi connectivity index (χ0) is 15.8. The first-order valence-corrected chi connectivity index (χ1v) is 8.22. The maximum absolute atomic E-state index is 12.1. The number of benzene rings is 1. The summed E-state index contributed by atoms with van der Waals surface area (Å²) in [6.45, 7) is 3.74. The van der Waals surface area contributed by atoms with Crippen molar-refractivity contribution < 1.29 is 9.59 Å². The molecule has 0 aliphatic rings. The van der Waals surface area contributed by atoms with Crippen molar-refractivity contribution in [1.29, 1.82) is 0 Å². The highest BCUT2D eigenvalue weighted by Gasteiger charge is 2.18. The molecule has 0 aromatic heterocycles. The van der Waals surface area contributed by atoms with Gasteiger partial charge in [0.1, 0.15) is 0 Å². The number of nitrogens with two attached hydrogens (primary N) is 1. The van der Waals surface area contributed by atoms with Gasteiger partial charge in [0.05, 0.1) is 6.54 Å². The third-order valence-electron chi connectivity index (χ3n) is 2.89. The molecule has 0 saturated carbocycles. The van der Waals surface area contributed by atoms with Crippen molar-refractivity contribution in [2.45, 2.75) is 37.6 Å². The van der Waals surface area contributed by atoms with E-state index in [1.54, 1.807) is 11.8 Å². The van der Waals surface area contributed by atoms with E-state index in [0.717, 1.165) is 17.1 Å². The lowest BCUT2D eigenvalue weighted by Gasteiger charge is -2.25. The quantitative estimate of drug-likeness (QED) is 0.589. The van der Waals surface area contributed by atoms with E-state index in [1.807, 2.05) is 38.1 Å². The van der Waals surface area contributed by atoms with Crippen molar-refractivity contribution >= 4 is 35.2 Å². The summed E-state index contributed by atoms with van der Waals surface area (Å²) in [6, 6.07) is 7.60. The molecular weight excluding hydrogens is 308 g/mol. The molecule has 0 aliphatic heterocycles. The van der Waals surface area contributed by atoms with Crippen LogP contribution in [-0.4, -0.2) is 35.1 Å². The SMILES string of the molecule is CC(C)N(CC(N)=O)C(=O)CCCSc1ccc(Cl)cc1. The smallest absolute Gasteiger partial charge is 0.237 e. The fourth-order valence-corrected chi connectivity index (χ4v) is 2.79. The highest BCUT2D eigenvalue weighted by Crippen LogP contribution is 2.21. The predicted molar refractivity (Wildman–Crippen MR) is 87.5 cm³/mol. The van der Waals surface area contributed by atoms with Gasteiger partial charge in [-0.1, -0.05) is 11.6 Å². The van der Waals surface area contributed by atoms with Gasteiger partial charge in [0.25, 0.3) is 0 Å². The van der Waals surface area contributed by atoms with Gasteiger partial charge in [0, 0.05) is 22.4 Å². The summed E-state index contributed by atoms with van der Waals surface area (Å²) < 4.78 is 0. The minimum Gasteiger partial charge on any atom is -0.368 e. The van der Waals surface area contributed by atoms with Crippen molar-refractivity contribution in [2.75, 3.05) is 12.3 Å². The first-order valence-electron chi connectivity index (χ1n) is 6.86. The van der Waals surface area contributed by atoms with Crippen molar-refractivity contribution in [3.63, 3.8) is 0 Å². The normalized spacial score (nSPS) is 10.7. The van der Waals surface area contributed by atoms with Gasteiger partial charge in [-0.15, -0.1) is 11.8 Å². The number of amides is 2. The van der Waals surface area contributed by atoms with Gasteiger partial charge in [-0.3, -0.25) is 9.59 Å². The first kappa shape index (κ1) is 17.9. The molecule has 1 rings (SSSR count). The molecule has 0 saturated heterocycles. The third-order valence-corrected chi connectivity index (χ3v) is 4.24. The lowest BCUT2D eigenvalue weighted by molar-refractivity contribution is -0.136. The van der Waals surface area contributed by atoms with E-state index in [9.17, 15) is 9.59 Å². The van der Waals surface area contributed by atoms with Crippen LogP contribution in [0.3, 0.4) is 0 Å². The Bertz CT molecular complexity index is 477. The standard InChI is InChI=1S/C15H21ClN2O2S/c1-11(2)18(10-14(17)19)15(20)4-3-9-21-13-7-5-12(16)6-8-13/h5-8,11H,3-4,9-10H2,1-2H3,(H2,17,19). The van der Waals surface area contributed by atoms with Gasteiger partial charge in [-0.05, 0) is 50.3 Å². The summed E-state index contributed by atoms with van der Waals surface area (Å²) in [5.74, 6) is 0.337. The largest absolute Gasteiger partial charge is 0.368 e. The van der Waals surface area contributed by atoms with Gasteiger partial charge >= 0.3 is 0 Å². The molecule has 0 aliphatic carbocycles. The molecule has 2 amide bonds. The highest BCUT2D eigenvalue weighted by molar-refractivity contribution is 7.99. The number of thioether (sulfide) groups is 1. The van der Waals surface area contributed by atoms with E-state index in [4.69, 9.17) is 17.3 Å². The average Bonchev–Trinajstić information content (AvgIpc) is 2.42. The van der Waals surface area contributed by atoms with E-state index in [-0.39, 0.29) is 18.5 Å². The monoisotopic (exact) mass is 328 g/mol. The van der Waals surface area contributed by atoms with Gasteiger partial charge in [0.15, 0.2) is 0 Å². The summed E-state index contributed by atoms with van der Waals surface area (Å²) >= 11 is 7.51. The van der Waals surface area contributed by atoms with Crippen LogP contribution in [-0.2, 0) is 9.59 Å². The van der Waals surface area contributed by atoms with Crippen LogP contribution >= 0.6 is 23.4 Å². The molecule has 21 heavy (non-hydrogen) atoms. The van der Waals surface area contributed by atoms with Crippen LogP contribution in [0.5, 0.6) is 0 Å². The minimum absolute atomic E-state index is 0.0131. The second kappa shape index (κ2) is 8.95. The number of rotatable bonds is 8. The number of hydrogen-bond donors (Lipinski definition) is 1. The molecule has 0 atom stereocenters. The molecule has 0 unspecified atom stereocenters. The summed E-state index contributed by atoms with van der Waals surface area (Å²) in [4.78, 5) is 25.7. The van der Waals surface area contributed by atoms with E-state index in [1.165, 1.54) is 4.90 Å². The molecule has 2 N–H and O–H groups in total. The Kier molecular flexibility index (Phi) is 7.61. The van der Waals surface area contributed by atoms with Crippen molar-refractivity contribution in [2.24, 2.45) is 5.73 Å². The zero-order valence-electron chi connectivity index (χ0n) is 12.3. The Balaban J connectivity index is 2.34. The van der Waals surface area contributed by atoms with Crippen molar-refractivity contribution in [3.05, 3.63) is 29.3 Å². The number of carbonyl (C=O) groups is 2. The summed E-state index contributed by atoms with van der Waals surface area (Å²) in [7, 11) is 0. The van der Waals surface area contributed by atoms with Crippen LogP contribution in [0, 0.1) is 0 Å². The topological polar surface area (TPSA) is 63.4 Å². The summed E-state index contributed by atoms with van der Waals surface area (Å²) in [5, 5.41) is 0.716. The highest BCUT2D eigenvalue weighted by atomic mass is 35.5. The van der Waals surface area contributed by atoms with E-state index in [0.29, 0.717) is 11.4 Å². The molecule has 0 heterocycles. The van der Waals surface area contributed by atoms with Gasteiger partial charge < -0.3 is 10.6 Å². The molecular formula is C15H21ClN2O2S. The fourth-order valence-electron chi connectivity index (χ4n) is 1.81. The Labute approximate surface area is 135 Å². The number of halogens is 1. The maximum atomic E-state index is 12.1. The molecule has 0 bridgehead atoms. The van der Waals surface area contributed by atoms with Crippen LogP contribution in [0.25, 0.3) is 0 Å². The molecule has 6 heteroatoms. The Morgan fingerprint density at radius 3 is 2.43 bits per heavy atom. The Morgan fingerprint density at radius 2 is 1.90 bits per heavy atom. The first-order chi connectivity index (χ1) is 9.90. The van der Waals surface area contributed by atoms with Crippen LogP contribution in [0.2, 0.25) is 5.02 Å². The van der Waals surface area contributed by atoms with E-state index in [2.05, 4.69) is 0 Å². The van der Waals surface area contributed by atoms with Crippen molar-refractivity contribution in [1.82, 2.24) is 4.90 Å². The minimum atomic E-state index is -0.479. The zero-order valence-corrected chi connectivity index (χ0v) is 13.9. The lowest BCUT2D eigenvalue weighted by atomic mass is 10.2. The van der Waals surface area contributed by atoms with E-state index >= 15 is 0 Å². The van der Waals surface area contributed by atoms with Crippen molar-refractivity contribution in [3.8, 4) is 0 Å². The number of hydrogen-bond acceptors (Lipinski definition) is 3. The molecule has 0 fully saturated rings.